The van der Waals surface area contributed by atoms with Crippen molar-refractivity contribution < 1.29 is 14.3 Å². The third kappa shape index (κ3) is 5.45. The van der Waals surface area contributed by atoms with Crippen molar-refractivity contribution in [2.45, 2.75) is 13.5 Å². The van der Waals surface area contributed by atoms with Crippen molar-refractivity contribution in [2.75, 3.05) is 6.54 Å². The molecule has 24 heavy (non-hydrogen) atoms. The first kappa shape index (κ1) is 17.6. The van der Waals surface area contributed by atoms with Crippen molar-refractivity contribution in [2.24, 2.45) is 0 Å². The van der Waals surface area contributed by atoms with Crippen LogP contribution in [0.5, 0.6) is 0 Å². The summed E-state index contributed by atoms with van der Waals surface area (Å²) in [6, 6.07) is 14.3. The SMILES string of the molecule is CC(=O)c1ccc(C#CCNC(=O)OCc2ccccc2)c(Cl)c1. The van der Waals surface area contributed by atoms with Crippen LogP contribution in [-0.2, 0) is 11.3 Å². The molecule has 2 aromatic carbocycles. The zero-order chi connectivity index (χ0) is 17.4. The number of benzene rings is 2. The highest BCUT2D eigenvalue weighted by molar-refractivity contribution is 6.32. The van der Waals surface area contributed by atoms with E-state index >= 15 is 0 Å². The van der Waals surface area contributed by atoms with E-state index in [4.69, 9.17) is 16.3 Å². The van der Waals surface area contributed by atoms with E-state index in [9.17, 15) is 9.59 Å². The van der Waals surface area contributed by atoms with Crippen LogP contribution in [0.2, 0.25) is 5.02 Å². The number of rotatable bonds is 4. The van der Waals surface area contributed by atoms with Crippen LogP contribution in [0.15, 0.2) is 48.5 Å². The molecule has 0 spiro atoms. The summed E-state index contributed by atoms with van der Waals surface area (Å²) in [6.45, 7) is 1.82. The molecular formula is C19H16ClNO3. The van der Waals surface area contributed by atoms with Gasteiger partial charge in [-0.25, -0.2) is 4.79 Å². The molecule has 0 bridgehead atoms. The van der Waals surface area contributed by atoms with Gasteiger partial charge in [0.1, 0.15) is 6.61 Å². The molecule has 0 aliphatic carbocycles. The first-order valence-electron chi connectivity index (χ1n) is 7.30. The third-order valence-electron chi connectivity index (χ3n) is 3.13. The number of hydrogen-bond acceptors (Lipinski definition) is 3. The fourth-order valence-corrected chi connectivity index (χ4v) is 2.09. The van der Waals surface area contributed by atoms with Crippen LogP contribution in [0.1, 0.15) is 28.4 Å². The number of ether oxygens (including phenoxy) is 1. The molecule has 0 aliphatic rings. The maximum absolute atomic E-state index is 11.5. The maximum atomic E-state index is 11.5. The van der Waals surface area contributed by atoms with Crippen molar-refractivity contribution >= 4 is 23.5 Å². The molecule has 0 unspecified atom stereocenters. The predicted molar refractivity (Wildman–Crippen MR) is 93.0 cm³/mol. The molecule has 0 radical (unpaired) electrons. The van der Waals surface area contributed by atoms with Gasteiger partial charge in [-0.2, -0.15) is 0 Å². The Morgan fingerprint density at radius 1 is 1.17 bits per heavy atom. The molecule has 0 aliphatic heterocycles. The van der Waals surface area contributed by atoms with Crippen molar-refractivity contribution in [1.82, 2.24) is 5.32 Å². The molecule has 1 N–H and O–H groups in total. The number of nitrogens with one attached hydrogen (secondary N) is 1. The van der Waals surface area contributed by atoms with Crippen molar-refractivity contribution in [3.8, 4) is 11.8 Å². The smallest absolute Gasteiger partial charge is 0.408 e. The standard InChI is InChI=1S/C19H16ClNO3/c1-14(22)17-10-9-16(18(20)12-17)8-5-11-21-19(23)24-13-15-6-3-2-4-7-15/h2-4,6-7,9-10,12H,11,13H2,1H3,(H,21,23). The summed E-state index contributed by atoms with van der Waals surface area (Å²) in [5, 5.41) is 2.94. The highest BCUT2D eigenvalue weighted by Crippen LogP contribution is 2.17. The largest absolute Gasteiger partial charge is 0.445 e. The molecule has 2 aromatic rings. The molecule has 0 heterocycles. The van der Waals surface area contributed by atoms with Gasteiger partial charge in [-0.1, -0.05) is 59.8 Å². The van der Waals surface area contributed by atoms with Gasteiger partial charge in [-0.05, 0) is 24.6 Å². The number of hydrogen-bond donors (Lipinski definition) is 1. The second-order valence-electron chi connectivity index (χ2n) is 4.97. The Morgan fingerprint density at radius 3 is 2.58 bits per heavy atom. The number of carbonyl (C=O) groups excluding carboxylic acids is 2. The van der Waals surface area contributed by atoms with Crippen LogP contribution >= 0.6 is 11.6 Å². The Labute approximate surface area is 145 Å². The number of Topliss-reactive ketones (excluding diaryl/α,β-unsaturated/α-hetero) is 1. The highest BCUT2D eigenvalue weighted by atomic mass is 35.5. The molecule has 0 saturated carbocycles. The van der Waals surface area contributed by atoms with Crippen LogP contribution in [0.4, 0.5) is 4.79 Å². The van der Waals surface area contributed by atoms with E-state index < -0.39 is 6.09 Å². The minimum Gasteiger partial charge on any atom is -0.445 e. The zero-order valence-electron chi connectivity index (χ0n) is 13.1. The maximum Gasteiger partial charge on any atom is 0.408 e. The number of carbonyl (C=O) groups is 2. The second-order valence-corrected chi connectivity index (χ2v) is 5.38. The summed E-state index contributed by atoms with van der Waals surface area (Å²) < 4.78 is 5.06. The van der Waals surface area contributed by atoms with Crippen LogP contribution in [-0.4, -0.2) is 18.4 Å². The zero-order valence-corrected chi connectivity index (χ0v) is 13.9. The lowest BCUT2D eigenvalue weighted by Gasteiger charge is -2.04. The number of ketones is 1. The van der Waals surface area contributed by atoms with E-state index in [2.05, 4.69) is 17.2 Å². The van der Waals surface area contributed by atoms with Gasteiger partial charge in [-0.3, -0.25) is 4.79 Å². The Morgan fingerprint density at radius 2 is 1.92 bits per heavy atom. The first-order chi connectivity index (χ1) is 11.6. The van der Waals surface area contributed by atoms with E-state index in [1.165, 1.54) is 6.92 Å². The third-order valence-corrected chi connectivity index (χ3v) is 3.45. The minimum absolute atomic E-state index is 0.0563. The second kappa shape index (κ2) is 8.76. The van der Waals surface area contributed by atoms with Crippen molar-refractivity contribution in [1.29, 1.82) is 0 Å². The van der Waals surface area contributed by atoms with Crippen molar-refractivity contribution in [3.05, 3.63) is 70.2 Å². The lowest BCUT2D eigenvalue weighted by atomic mass is 10.1. The Bertz CT molecular complexity index is 791. The average molecular weight is 342 g/mol. The fraction of sp³-hybridized carbons (Fsp3) is 0.158. The number of amides is 1. The van der Waals surface area contributed by atoms with E-state index in [1.807, 2.05) is 30.3 Å². The average Bonchev–Trinajstić information content (AvgIpc) is 2.58. The molecule has 122 valence electrons. The van der Waals surface area contributed by atoms with Crippen LogP contribution in [0, 0.1) is 11.8 Å². The van der Waals surface area contributed by atoms with Gasteiger partial charge >= 0.3 is 6.09 Å². The van der Waals surface area contributed by atoms with Gasteiger partial charge in [-0.15, -0.1) is 0 Å². The summed E-state index contributed by atoms with van der Waals surface area (Å²) in [4.78, 5) is 22.8. The fourth-order valence-electron chi connectivity index (χ4n) is 1.87. The summed E-state index contributed by atoms with van der Waals surface area (Å²) in [6.07, 6.45) is -0.536. The lowest BCUT2D eigenvalue weighted by molar-refractivity contribution is 0.101. The lowest BCUT2D eigenvalue weighted by Crippen LogP contribution is -2.24. The van der Waals surface area contributed by atoms with Gasteiger partial charge in [0.25, 0.3) is 0 Å². The molecule has 4 nitrogen and oxygen atoms in total. The van der Waals surface area contributed by atoms with E-state index in [-0.39, 0.29) is 18.9 Å². The summed E-state index contributed by atoms with van der Waals surface area (Å²) in [5.41, 5.74) is 2.05. The monoisotopic (exact) mass is 341 g/mol. The minimum atomic E-state index is -0.536. The molecule has 0 aromatic heterocycles. The summed E-state index contributed by atoms with van der Waals surface area (Å²) in [7, 11) is 0. The van der Waals surface area contributed by atoms with Gasteiger partial charge in [0, 0.05) is 11.1 Å². The van der Waals surface area contributed by atoms with Gasteiger partial charge in [0.15, 0.2) is 5.78 Å². The topological polar surface area (TPSA) is 55.4 Å². The van der Waals surface area contributed by atoms with Crippen LogP contribution in [0.25, 0.3) is 0 Å². The summed E-state index contributed by atoms with van der Waals surface area (Å²) >= 11 is 6.07. The Hall–Kier alpha value is -2.77. The predicted octanol–water partition coefficient (Wildman–Crippen LogP) is 3.82. The highest BCUT2D eigenvalue weighted by Gasteiger charge is 2.03. The molecule has 5 heteroatoms. The Kier molecular flexibility index (Phi) is 6.41. The first-order valence-corrected chi connectivity index (χ1v) is 7.68. The molecule has 0 fully saturated rings. The van der Waals surface area contributed by atoms with Gasteiger partial charge in [0.05, 0.1) is 11.6 Å². The van der Waals surface area contributed by atoms with Gasteiger partial charge < -0.3 is 10.1 Å². The van der Waals surface area contributed by atoms with E-state index in [0.29, 0.717) is 16.1 Å². The van der Waals surface area contributed by atoms with E-state index in [0.717, 1.165) is 5.56 Å². The van der Waals surface area contributed by atoms with Crippen molar-refractivity contribution in [3.63, 3.8) is 0 Å². The quantitative estimate of drug-likeness (QED) is 0.679. The number of alkyl carbamates (subject to hydrolysis) is 1. The molecule has 0 saturated heterocycles. The van der Waals surface area contributed by atoms with Gasteiger partial charge in [0.2, 0.25) is 0 Å². The molecular weight excluding hydrogens is 326 g/mol. The molecule has 0 atom stereocenters. The van der Waals surface area contributed by atoms with Crippen LogP contribution in [0.3, 0.4) is 0 Å². The number of halogens is 1. The summed E-state index contributed by atoms with van der Waals surface area (Å²) in [5.74, 6) is 5.58. The van der Waals surface area contributed by atoms with Crippen LogP contribution < -0.4 is 5.32 Å². The Balaban J connectivity index is 1.81. The molecule has 2 rings (SSSR count). The molecule has 1 amide bonds. The van der Waals surface area contributed by atoms with E-state index in [1.54, 1.807) is 18.2 Å². The normalized spacial score (nSPS) is 9.58.